The van der Waals surface area contributed by atoms with E-state index in [1.54, 1.807) is 0 Å². The Hall–Kier alpha value is -2.50. The van der Waals surface area contributed by atoms with Crippen molar-refractivity contribution in [1.82, 2.24) is 4.98 Å². The fraction of sp³-hybridized carbons (Fsp3) is 0.214. The van der Waals surface area contributed by atoms with Gasteiger partial charge in [-0.2, -0.15) is 26.3 Å². The van der Waals surface area contributed by atoms with Crippen molar-refractivity contribution in [1.29, 1.82) is 0 Å². The minimum Gasteiger partial charge on any atom is -0.481 e. The molecule has 0 aliphatic carbocycles. The molecule has 0 unspecified atom stereocenters. The summed E-state index contributed by atoms with van der Waals surface area (Å²) in [6, 6.07) is 2.52. The zero-order valence-electron chi connectivity index (χ0n) is 12.8. The molecule has 0 atom stereocenters. The van der Waals surface area contributed by atoms with Crippen LogP contribution < -0.4 is 9.46 Å². The summed E-state index contributed by atoms with van der Waals surface area (Å²) in [6.45, 7) is 0. The number of nitrogens with one attached hydrogen (secondary N) is 1. The van der Waals surface area contributed by atoms with Crippen molar-refractivity contribution >= 4 is 15.7 Å². The molecule has 1 heterocycles. The summed E-state index contributed by atoms with van der Waals surface area (Å²) < 4.78 is 108. The molecule has 0 spiro atoms. The van der Waals surface area contributed by atoms with Crippen molar-refractivity contribution in [3.8, 4) is 5.88 Å². The van der Waals surface area contributed by atoms with Crippen LogP contribution in [0.15, 0.2) is 41.4 Å². The Labute approximate surface area is 143 Å². The third kappa shape index (κ3) is 4.56. The third-order valence-electron chi connectivity index (χ3n) is 3.07. The van der Waals surface area contributed by atoms with Crippen molar-refractivity contribution in [2.45, 2.75) is 17.2 Å². The quantitative estimate of drug-likeness (QED) is 0.790. The second-order valence-corrected chi connectivity index (χ2v) is 6.62. The second kappa shape index (κ2) is 6.67. The molecule has 12 heteroatoms. The van der Waals surface area contributed by atoms with Crippen LogP contribution in [0, 0.1) is 0 Å². The van der Waals surface area contributed by atoms with Gasteiger partial charge >= 0.3 is 12.4 Å². The SMILES string of the molecule is COc1ccc(NS(=O)(=O)c2cc(C(F)(F)F)cc(C(F)(F)F)c2)cn1. The smallest absolute Gasteiger partial charge is 0.416 e. The lowest BCUT2D eigenvalue weighted by atomic mass is 10.1. The molecular weight excluding hydrogens is 390 g/mol. The number of benzene rings is 1. The van der Waals surface area contributed by atoms with Crippen LogP contribution in [-0.2, 0) is 22.4 Å². The van der Waals surface area contributed by atoms with E-state index in [9.17, 15) is 34.8 Å². The van der Waals surface area contributed by atoms with Crippen LogP contribution in [0.1, 0.15) is 11.1 Å². The first kappa shape index (κ1) is 19.8. The Morgan fingerprint density at radius 1 is 0.962 bits per heavy atom. The van der Waals surface area contributed by atoms with E-state index in [-0.39, 0.29) is 29.8 Å². The monoisotopic (exact) mass is 400 g/mol. The van der Waals surface area contributed by atoms with Crippen LogP contribution in [0.5, 0.6) is 5.88 Å². The van der Waals surface area contributed by atoms with E-state index in [1.165, 1.54) is 19.2 Å². The fourth-order valence-electron chi connectivity index (χ4n) is 1.86. The number of ether oxygens (including phenoxy) is 1. The number of aromatic nitrogens is 1. The summed E-state index contributed by atoms with van der Waals surface area (Å²) in [7, 11) is -3.43. The maximum atomic E-state index is 12.8. The Bertz CT molecular complexity index is 860. The second-order valence-electron chi connectivity index (χ2n) is 4.94. The van der Waals surface area contributed by atoms with Crippen molar-refractivity contribution in [2.24, 2.45) is 0 Å². The maximum absolute atomic E-state index is 12.8. The molecule has 1 aromatic heterocycles. The lowest BCUT2D eigenvalue weighted by molar-refractivity contribution is -0.143. The lowest BCUT2D eigenvalue weighted by Crippen LogP contribution is -2.17. The van der Waals surface area contributed by atoms with Crippen molar-refractivity contribution in [2.75, 3.05) is 11.8 Å². The minimum atomic E-state index is -5.16. The van der Waals surface area contributed by atoms with Crippen molar-refractivity contribution in [3.63, 3.8) is 0 Å². The molecular formula is C14H10F6N2O3S. The van der Waals surface area contributed by atoms with Gasteiger partial charge in [0, 0.05) is 6.07 Å². The van der Waals surface area contributed by atoms with E-state index in [0.29, 0.717) is 0 Å². The molecule has 0 bridgehead atoms. The van der Waals surface area contributed by atoms with Gasteiger partial charge < -0.3 is 4.74 Å². The molecule has 2 rings (SSSR count). The van der Waals surface area contributed by atoms with E-state index >= 15 is 0 Å². The summed E-state index contributed by atoms with van der Waals surface area (Å²) in [5.74, 6) is 0.131. The van der Waals surface area contributed by atoms with E-state index in [0.717, 1.165) is 6.20 Å². The number of sulfonamides is 1. The van der Waals surface area contributed by atoms with E-state index in [2.05, 4.69) is 4.98 Å². The van der Waals surface area contributed by atoms with Gasteiger partial charge in [0.2, 0.25) is 5.88 Å². The summed E-state index contributed by atoms with van der Waals surface area (Å²) in [6.07, 6.45) is -9.32. The molecule has 0 radical (unpaired) electrons. The molecule has 0 amide bonds. The molecule has 2 aromatic rings. The number of halogens is 6. The highest BCUT2D eigenvalue weighted by molar-refractivity contribution is 7.92. The standard InChI is InChI=1S/C14H10F6N2O3S/c1-25-12-3-2-10(7-21-12)22-26(23,24)11-5-8(13(15,16)17)4-9(6-11)14(18,19)20/h2-7,22H,1H3. The van der Waals surface area contributed by atoms with Crippen LogP contribution in [0.3, 0.4) is 0 Å². The molecule has 0 fully saturated rings. The molecule has 5 nitrogen and oxygen atoms in total. The lowest BCUT2D eigenvalue weighted by Gasteiger charge is -2.15. The molecule has 0 saturated carbocycles. The van der Waals surface area contributed by atoms with Crippen LogP contribution in [0.4, 0.5) is 32.0 Å². The highest BCUT2D eigenvalue weighted by Crippen LogP contribution is 2.37. The first-order valence-electron chi connectivity index (χ1n) is 6.65. The Balaban J connectivity index is 2.50. The first-order valence-corrected chi connectivity index (χ1v) is 8.13. The molecule has 0 aliphatic heterocycles. The first-order chi connectivity index (χ1) is 11.8. The Morgan fingerprint density at radius 2 is 1.50 bits per heavy atom. The molecule has 142 valence electrons. The summed E-state index contributed by atoms with van der Waals surface area (Å²) >= 11 is 0. The summed E-state index contributed by atoms with van der Waals surface area (Å²) in [5, 5.41) is 0. The van der Waals surface area contributed by atoms with E-state index in [1.807, 2.05) is 4.72 Å². The van der Waals surface area contributed by atoms with Gasteiger partial charge in [-0.15, -0.1) is 0 Å². The van der Waals surface area contributed by atoms with Gasteiger partial charge in [-0.3, -0.25) is 4.72 Å². The number of hydrogen-bond donors (Lipinski definition) is 1. The number of methoxy groups -OCH3 is 1. The summed E-state index contributed by atoms with van der Waals surface area (Å²) in [5.41, 5.74) is -3.64. The normalized spacial score (nSPS) is 12.7. The van der Waals surface area contributed by atoms with Gasteiger partial charge in [0.1, 0.15) is 0 Å². The average Bonchev–Trinajstić information content (AvgIpc) is 2.53. The molecule has 26 heavy (non-hydrogen) atoms. The van der Waals surface area contributed by atoms with E-state index in [4.69, 9.17) is 4.74 Å². The number of alkyl halides is 6. The van der Waals surface area contributed by atoms with Crippen LogP contribution in [0.2, 0.25) is 0 Å². The van der Waals surface area contributed by atoms with Gasteiger partial charge in [-0.05, 0) is 24.3 Å². The Kier molecular flexibility index (Phi) is 5.08. The zero-order valence-corrected chi connectivity index (χ0v) is 13.6. The number of pyridine rings is 1. The van der Waals surface area contributed by atoms with Gasteiger partial charge in [0.05, 0.1) is 35.0 Å². The fourth-order valence-corrected chi connectivity index (χ4v) is 2.97. The summed E-state index contributed by atoms with van der Waals surface area (Å²) in [4.78, 5) is 2.49. The largest absolute Gasteiger partial charge is 0.481 e. The Morgan fingerprint density at radius 3 is 1.88 bits per heavy atom. The van der Waals surface area contributed by atoms with Gasteiger partial charge in [-0.1, -0.05) is 0 Å². The molecule has 1 N–H and O–H groups in total. The van der Waals surface area contributed by atoms with Gasteiger partial charge in [0.15, 0.2) is 0 Å². The van der Waals surface area contributed by atoms with E-state index < -0.39 is 38.4 Å². The predicted molar refractivity (Wildman–Crippen MR) is 78.0 cm³/mol. The van der Waals surface area contributed by atoms with Crippen LogP contribution >= 0.6 is 0 Å². The average molecular weight is 400 g/mol. The predicted octanol–water partition coefficient (Wildman–Crippen LogP) is 3.93. The molecule has 1 aromatic carbocycles. The van der Waals surface area contributed by atoms with Crippen molar-refractivity contribution < 1.29 is 39.5 Å². The highest BCUT2D eigenvalue weighted by Gasteiger charge is 2.38. The molecule has 0 saturated heterocycles. The van der Waals surface area contributed by atoms with Crippen LogP contribution in [0.25, 0.3) is 0 Å². The minimum absolute atomic E-state index is 0.120. The number of nitrogens with zero attached hydrogens (tertiary/aromatic N) is 1. The maximum Gasteiger partial charge on any atom is 0.416 e. The molecule has 0 aliphatic rings. The number of anilines is 1. The number of rotatable bonds is 4. The number of hydrogen-bond acceptors (Lipinski definition) is 4. The van der Waals surface area contributed by atoms with Crippen LogP contribution in [-0.4, -0.2) is 20.5 Å². The van der Waals surface area contributed by atoms with Gasteiger partial charge in [-0.25, -0.2) is 13.4 Å². The zero-order chi connectivity index (χ0) is 19.8. The van der Waals surface area contributed by atoms with Crippen molar-refractivity contribution in [3.05, 3.63) is 47.7 Å². The highest BCUT2D eigenvalue weighted by atomic mass is 32.2. The third-order valence-corrected chi connectivity index (χ3v) is 4.43. The van der Waals surface area contributed by atoms with Gasteiger partial charge in [0.25, 0.3) is 10.0 Å². The topological polar surface area (TPSA) is 68.3 Å².